The Balaban J connectivity index is 1.30. The fourth-order valence-corrected chi connectivity index (χ4v) is 9.50. The molecule has 0 radical (unpaired) electrons. The zero-order chi connectivity index (χ0) is 21.1. The van der Waals surface area contributed by atoms with Crippen LogP contribution in [-0.4, -0.2) is 12.2 Å². The maximum absolute atomic E-state index is 6.71. The number of rotatable bonds is 5. The van der Waals surface area contributed by atoms with Crippen LogP contribution >= 0.6 is 0 Å². The molecule has 5 aliphatic carbocycles. The highest BCUT2D eigenvalue weighted by molar-refractivity contribution is 5.24. The van der Waals surface area contributed by atoms with Crippen molar-refractivity contribution >= 4 is 0 Å². The van der Waals surface area contributed by atoms with Crippen LogP contribution in [0.5, 0.6) is 0 Å². The summed E-state index contributed by atoms with van der Waals surface area (Å²) in [6.45, 7) is 13.6. The van der Waals surface area contributed by atoms with Gasteiger partial charge in [-0.1, -0.05) is 52.7 Å². The molecule has 4 fully saturated rings. The quantitative estimate of drug-likeness (QED) is 0.414. The first kappa shape index (κ1) is 21.5. The van der Waals surface area contributed by atoms with Gasteiger partial charge in [0.25, 0.3) is 0 Å². The highest BCUT2D eigenvalue weighted by atomic mass is 16.5. The van der Waals surface area contributed by atoms with Gasteiger partial charge in [0, 0.05) is 0 Å². The summed E-state index contributed by atoms with van der Waals surface area (Å²) in [6.07, 6.45) is 19.8. The van der Waals surface area contributed by atoms with E-state index in [2.05, 4.69) is 40.7 Å². The summed E-state index contributed by atoms with van der Waals surface area (Å²) >= 11 is 0. The summed E-state index contributed by atoms with van der Waals surface area (Å²) in [4.78, 5) is 0. The van der Waals surface area contributed by atoms with Crippen molar-refractivity contribution in [2.24, 2.45) is 46.3 Å². The molecule has 0 amide bonds. The smallest absolute Gasteiger partial charge is 0.0705 e. The number of ether oxygens (including phenoxy) is 1. The Morgan fingerprint density at radius 2 is 1.73 bits per heavy atom. The number of allylic oxidation sites excluding steroid dienone is 2. The van der Waals surface area contributed by atoms with Crippen LogP contribution in [0.4, 0.5) is 0 Å². The van der Waals surface area contributed by atoms with Gasteiger partial charge in [-0.15, -0.1) is 0 Å². The first-order valence-corrected chi connectivity index (χ1v) is 13.6. The van der Waals surface area contributed by atoms with Crippen molar-refractivity contribution in [1.82, 2.24) is 0 Å². The summed E-state index contributed by atoms with van der Waals surface area (Å²) in [5.74, 6) is 5.15. The Bertz CT molecular complexity index is 672. The molecule has 4 saturated carbocycles. The summed E-state index contributed by atoms with van der Waals surface area (Å²) in [7, 11) is 0. The van der Waals surface area contributed by atoms with Crippen molar-refractivity contribution in [2.75, 3.05) is 6.61 Å². The molecule has 5 rings (SSSR count). The van der Waals surface area contributed by atoms with Crippen LogP contribution in [0.2, 0.25) is 0 Å². The van der Waals surface area contributed by atoms with Gasteiger partial charge >= 0.3 is 0 Å². The second kappa shape index (κ2) is 7.64. The predicted octanol–water partition coefficient (Wildman–Crippen LogP) is 8.19. The summed E-state index contributed by atoms with van der Waals surface area (Å²) in [5.41, 5.74) is 3.17. The summed E-state index contributed by atoms with van der Waals surface area (Å²) in [5, 5.41) is 0. The Labute approximate surface area is 186 Å². The Morgan fingerprint density at radius 3 is 2.43 bits per heavy atom. The molecule has 0 bridgehead atoms. The summed E-state index contributed by atoms with van der Waals surface area (Å²) in [6, 6.07) is 0. The predicted molar refractivity (Wildman–Crippen MR) is 126 cm³/mol. The molecule has 1 heteroatoms. The lowest BCUT2D eigenvalue weighted by molar-refractivity contribution is -0.148. The van der Waals surface area contributed by atoms with Crippen molar-refractivity contribution in [2.45, 2.75) is 117 Å². The lowest BCUT2D eigenvalue weighted by Crippen LogP contribution is -2.50. The first-order valence-electron chi connectivity index (χ1n) is 13.6. The van der Waals surface area contributed by atoms with Gasteiger partial charge < -0.3 is 4.74 Å². The molecule has 0 aromatic carbocycles. The van der Waals surface area contributed by atoms with Gasteiger partial charge in [0.2, 0.25) is 0 Å². The largest absolute Gasteiger partial charge is 0.374 e. The highest BCUT2D eigenvalue weighted by Crippen LogP contribution is 2.67. The molecule has 0 aromatic rings. The van der Waals surface area contributed by atoms with Crippen LogP contribution in [0.3, 0.4) is 0 Å². The molecule has 0 aliphatic heterocycles. The van der Waals surface area contributed by atoms with Crippen LogP contribution in [0, 0.1) is 46.3 Å². The number of fused-ring (bicyclic) bond motifs is 5. The third kappa shape index (κ3) is 3.11. The lowest BCUT2D eigenvalue weighted by atomic mass is 9.47. The van der Waals surface area contributed by atoms with E-state index in [1.54, 1.807) is 0 Å². The van der Waals surface area contributed by atoms with Crippen molar-refractivity contribution < 1.29 is 4.74 Å². The van der Waals surface area contributed by atoms with Crippen LogP contribution in [0.1, 0.15) is 112 Å². The average Bonchev–Trinajstić information content (AvgIpc) is 3.03. The minimum absolute atomic E-state index is 0.213. The fourth-order valence-electron chi connectivity index (χ4n) is 9.50. The second-order valence-electron chi connectivity index (χ2n) is 13.1. The molecule has 0 saturated heterocycles. The van der Waals surface area contributed by atoms with E-state index < -0.39 is 0 Å². The second-order valence-corrected chi connectivity index (χ2v) is 13.1. The van der Waals surface area contributed by atoms with Gasteiger partial charge in [0.05, 0.1) is 12.2 Å². The maximum atomic E-state index is 6.71. The first-order chi connectivity index (χ1) is 14.3. The third-order valence-electron chi connectivity index (χ3n) is 11.7. The van der Waals surface area contributed by atoms with E-state index in [0.29, 0.717) is 22.7 Å². The minimum Gasteiger partial charge on any atom is -0.374 e. The van der Waals surface area contributed by atoms with Crippen molar-refractivity contribution in [1.29, 1.82) is 0 Å². The number of hydrogen-bond acceptors (Lipinski definition) is 1. The normalized spacial score (nSPS) is 45.7. The molecule has 1 nitrogen and oxygen atoms in total. The molecule has 7 atom stereocenters. The van der Waals surface area contributed by atoms with Gasteiger partial charge in [-0.2, -0.15) is 0 Å². The van der Waals surface area contributed by atoms with E-state index >= 15 is 0 Å². The molecule has 0 N–H and O–H groups in total. The standard InChI is InChI=1S/C29H48O/c1-20(2)29(16-8-17-29)30-19-21(3)24-12-13-25-23-11-10-22-9-6-7-15-27(22,4)26(23)14-18-28(24,25)5/h10,20-21,23-26H,6-9,11-19H2,1-5H3. The SMILES string of the molecule is CC(COC1(C(C)C)CCC1)C1CCC2C3CC=C4CCCCC4(C)C3CCC12C. The van der Waals surface area contributed by atoms with Crippen LogP contribution in [0.15, 0.2) is 11.6 Å². The van der Waals surface area contributed by atoms with Crippen LogP contribution < -0.4 is 0 Å². The highest BCUT2D eigenvalue weighted by Gasteiger charge is 2.59. The molecule has 30 heavy (non-hydrogen) atoms. The Hall–Kier alpha value is -0.300. The monoisotopic (exact) mass is 412 g/mol. The van der Waals surface area contributed by atoms with Gasteiger partial charge in [-0.3, -0.25) is 0 Å². The topological polar surface area (TPSA) is 9.23 Å². The minimum atomic E-state index is 0.213. The van der Waals surface area contributed by atoms with Crippen molar-refractivity contribution in [3.8, 4) is 0 Å². The Morgan fingerprint density at radius 1 is 0.933 bits per heavy atom. The van der Waals surface area contributed by atoms with E-state index in [1.807, 2.05) is 5.57 Å². The van der Waals surface area contributed by atoms with Gasteiger partial charge in [-0.25, -0.2) is 0 Å². The molecular formula is C29H48O. The van der Waals surface area contributed by atoms with E-state index in [-0.39, 0.29) is 5.60 Å². The van der Waals surface area contributed by atoms with Crippen LogP contribution in [-0.2, 0) is 4.74 Å². The van der Waals surface area contributed by atoms with Crippen LogP contribution in [0.25, 0.3) is 0 Å². The molecule has 0 heterocycles. The number of hydrogen-bond donors (Lipinski definition) is 0. The average molecular weight is 413 g/mol. The van der Waals surface area contributed by atoms with Crippen molar-refractivity contribution in [3.63, 3.8) is 0 Å². The zero-order valence-electron chi connectivity index (χ0n) is 20.6. The third-order valence-corrected chi connectivity index (χ3v) is 11.7. The van der Waals surface area contributed by atoms with Gasteiger partial charge in [-0.05, 0) is 117 Å². The molecule has 0 aromatic heterocycles. The van der Waals surface area contributed by atoms with Gasteiger partial charge in [0.1, 0.15) is 0 Å². The Kier molecular flexibility index (Phi) is 5.48. The summed E-state index contributed by atoms with van der Waals surface area (Å²) < 4.78 is 6.71. The van der Waals surface area contributed by atoms with E-state index in [1.165, 1.54) is 77.0 Å². The van der Waals surface area contributed by atoms with E-state index in [9.17, 15) is 0 Å². The molecule has 7 unspecified atom stereocenters. The van der Waals surface area contributed by atoms with Gasteiger partial charge in [0.15, 0.2) is 0 Å². The van der Waals surface area contributed by atoms with E-state index in [4.69, 9.17) is 4.74 Å². The molecule has 170 valence electrons. The zero-order valence-corrected chi connectivity index (χ0v) is 20.6. The maximum Gasteiger partial charge on any atom is 0.0705 e. The van der Waals surface area contributed by atoms with E-state index in [0.717, 1.165) is 30.3 Å². The van der Waals surface area contributed by atoms with Crippen molar-refractivity contribution in [3.05, 3.63) is 11.6 Å². The lowest BCUT2D eigenvalue weighted by Gasteiger charge is -2.58. The molecular weight excluding hydrogens is 364 g/mol. The molecule has 5 aliphatic rings. The molecule has 0 spiro atoms. The fraction of sp³-hybridized carbons (Fsp3) is 0.931.